The van der Waals surface area contributed by atoms with Gasteiger partial charge in [-0.05, 0) is 31.9 Å². The molecule has 1 amide bonds. The molecule has 0 aliphatic carbocycles. The summed E-state index contributed by atoms with van der Waals surface area (Å²) in [5, 5.41) is 2.95. The number of hydrogen-bond acceptors (Lipinski definition) is 3. The van der Waals surface area contributed by atoms with Gasteiger partial charge >= 0.3 is 0 Å². The summed E-state index contributed by atoms with van der Waals surface area (Å²) in [6, 6.07) is 7.82. The van der Waals surface area contributed by atoms with Gasteiger partial charge in [0.1, 0.15) is 12.4 Å². The molecule has 0 aliphatic rings. The molecule has 20 heavy (non-hydrogen) atoms. The average Bonchev–Trinajstić information content (AvgIpc) is 2.38. The van der Waals surface area contributed by atoms with Crippen molar-refractivity contribution in [2.45, 2.75) is 33.7 Å². The first-order chi connectivity index (χ1) is 9.43. The second kappa shape index (κ2) is 7.90. The molecule has 1 aromatic rings. The highest BCUT2D eigenvalue weighted by Gasteiger charge is 2.21. The normalized spacial score (nSPS) is 13.9. The topological polar surface area (TPSA) is 64.3 Å². The summed E-state index contributed by atoms with van der Waals surface area (Å²) in [6.45, 7) is 8.79. The number of benzene rings is 1. The smallest absolute Gasteiger partial charge is 0.224 e. The predicted molar refractivity (Wildman–Crippen MR) is 81.7 cm³/mol. The first kappa shape index (κ1) is 16.5. The summed E-state index contributed by atoms with van der Waals surface area (Å²) in [5.41, 5.74) is 6.83. The molecular formula is C16H26N2O2. The largest absolute Gasteiger partial charge is 0.491 e. The molecule has 0 aromatic heterocycles. The van der Waals surface area contributed by atoms with Crippen molar-refractivity contribution >= 4 is 5.91 Å². The van der Waals surface area contributed by atoms with Crippen LogP contribution in [0.15, 0.2) is 24.3 Å². The Morgan fingerprint density at radius 1 is 1.25 bits per heavy atom. The lowest BCUT2D eigenvalue weighted by Gasteiger charge is -2.21. The van der Waals surface area contributed by atoms with E-state index >= 15 is 0 Å². The van der Waals surface area contributed by atoms with Gasteiger partial charge in [-0.25, -0.2) is 0 Å². The van der Waals surface area contributed by atoms with Crippen LogP contribution in [0.1, 0.15) is 26.3 Å². The van der Waals surface area contributed by atoms with E-state index in [2.05, 4.69) is 5.32 Å². The van der Waals surface area contributed by atoms with Gasteiger partial charge in [0.25, 0.3) is 0 Å². The molecule has 0 aliphatic heterocycles. The monoisotopic (exact) mass is 278 g/mol. The summed E-state index contributed by atoms with van der Waals surface area (Å²) in [4.78, 5) is 12.0. The number of aryl methyl sites for hydroxylation is 1. The Balaban J connectivity index is 2.41. The van der Waals surface area contributed by atoms with Crippen LogP contribution >= 0.6 is 0 Å². The number of nitrogens with one attached hydrogen (secondary N) is 1. The standard InChI is InChI=1S/C16H26N2O2/c1-11(2)15(9-17)16(19)18-13(4)10-20-14-7-5-12(3)6-8-14/h5-8,11,13,15H,9-10,17H2,1-4H3,(H,18,19). The third-order valence-electron chi connectivity index (χ3n) is 3.31. The first-order valence-electron chi connectivity index (χ1n) is 7.14. The van der Waals surface area contributed by atoms with E-state index in [0.29, 0.717) is 13.2 Å². The summed E-state index contributed by atoms with van der Waals surface area (Å²) in [7, 11) is 0. The maximum absolute atomic E-state index is 12.0. The number of hydrogen-bond donors (Lipinski definition) is 2. The Hall–Kier alpha value is -1.55. The van der Waals surface area contributed by atoms with Crippen molar-refractivity contribution in [3.8, 4) is 5.75 Å². The Kier molecular flexibility index (Phi) is 6.52. The van der Waals surface area contributed by atoms with Crippen LogP contribution in [0, 0.1) is 18.8 Å². The van der Waals surface area contributed by atoms with Gasteiger partial charge in [0.05, 0.1) is 12.0 Å². The maximum atomic E-state index is 12.0. The van der Waals surface area contributed by atoms with Gasteiger partial charge in [0.2, 0.25) is 5.91 Å². The number of ether oxygens (including phenoxy) is 1. The van der Waals surface area contributed by atoms with E-state index in [0.717, 1.165) is 5.75 Å². The Labute approximate surface area is 121 Å². The average molecular weight is 278 g/mol. The molecule has 3 N–H and O–H groups in total. The Morgan fingerprint density at radius 2 is 1.85 bits per heavy atom. The van der Waals surface area contributed by atoms with E-state index in [1.807, 2.05) is 52.0 Å². The van der Waals surface area contributed by atoms with Crippen LogP contribution in [0.5, 0.6) is 5.75 Å². The van der Waals surface area contributed by atoms with Gasteiger partial charge in [0.15, 0.2) is 0 Å². The number of rotatable bonds is 7. The van der Waals surface area contributed by atoms with Crippen LogP contribution in [-0.2, 0) is 4.79 Å². The van der Waals surface area contributed by atoms with Crippen LogP contribution in [0.2, 0.25) is 0 Å². The van der Waals surface area contributed by atoms with Crippen molar-refractivity contribution in [2.24, 2.45) is 17.6 Å². The zero-order valence-corrected chi connectivity index (χ0v) is 12.8. The lowest BCUT2D eigenvalue weighted by Crippen LogP contribution is -2.44. The summed E-state index contributed by atoms with van der Waals surface area (Å²) in [6.07, 6.45) is 0. The first-order valence-corrected chi connectivity index (χ1v) is 7.14. The van der Waals surface area contributed by atoms with E-state index < -0.39 is 0 Å². The van der Waals surface area contributed by atoms with E-state index in [1.54, 1.807) is 0 Å². The molecule has 1 rings (SSSR count). The SMILES string of the molecule is Cc1ccc(OCC(C)NC(=O)C(CN)C(C)C)cc1. The second-order valence-corrected chi connectivity index (χ2v) is 5.62. The fourth-order valence-corrected chi connectivity index (χ4v) is 1.93. The van der Waals surface area contributed by atoms with E-state index in [1.165, 1.54) is 5.56 Å². The zero-order chi connectivity index (χ0) is 15.1. The molecule has 0 saturated heterocycles. The zero-order valence-electron chi connectivity index (χ0n) is 12.8. The van der Waals surface area contributed by atoms with Crippen molar-refractivity contribution in [1.82, 2.24) is 5.32 Å². The lowest BCUT2D eigenvalue weighted by atomic mass is 9.95. The minimum absolute atomic E-state index is 0.00232. The number of amides is 1. The molecule has 0 saturated carbocycles. The summed E-state index contributed by atoms with van der Waals surface area (Å²) < 4.78 is 5.65. The minimum atomic E-state index is -0.142. The minimum Gasteiger partial charge on any atom is -0.491 e. The third kappa shape index (κ3) is 5.21. The molecule has 0 heterocycles. The fourth-order valence-electron chi connectivity index (χ4n) is 1.93. The molecule has 2 atom stereocenters. The van der Waals surface area contributed by atoms with E-state index in [4.69, 9.17) is 10.5 Å². The molecule has 4 nitrogen and oxygen atoms in total. The van der Waals surface area contributed by atoms with E-state index in [9.17, 15) is 4.79 Å². The van der Waals surface area contributed by atoms with Gasteiger partial charge in [-0.15, -0.1) is 0 Å². The van der Waals surface area contributed by atoms with Crippen molar-refractivity contribution in [1.29, 1.82) is 0 Å². The molecule has 1 aromatic carbocycles. The van der Waals surface area contributed by atoms with Crippen LogP contribution in [-0.4, -0.2) is 25.1 Å². The molecule has 0 fully saturated rings. The lowest BCUT2D eigenvalue weighted by molar-refractivity contribution is -0.126. The molecule has 0 spiro atoms. The summed E-state index contributed by atoms with van der Waals surface area (Å²) in [5.74, 6) is 0.917. The second-order valence-electron chi connectivity index (χ2n) is 5.62. The van der Waals surface area contributed by atoms with Crippen LogP contribution in [0.25, 0.3) is 0 Å². The van der Waals surface area contributed by atoms with Crippen molar-refractivity contribution in [3.63, 3.8) is 0 Å². The third-order valence-corrected chi connectivity index (χ3v) is 3.31. The van der Waals surface area contributed by atoms with Gasteiger partial charge < -0.3 is 15.8 Å². The quantitative estimate of drug-likeness (QED) is 0.803. The van der Waals surface area contributed by atoms with Gasteiger partial charge in [-0.2, -0.15) is 0 Å². The predicted octanol–water partition coefficient (Wildman–Crippen LogP) is 2.11. The molecule has 0 radical (unpaired) electrons. The molecule has 4 heteroatoms. The highest BCUT2D eigenvalue weighted by atomic mass is 16.5. The maximum Gasteiger partial charge on any atom is 0.224 e. The molecule has 0 bridgehead atoms. The van der Waals surface area contributed by atoms with Gasteiger partial charge in [-0.1, -0.05) is 31.5 Å². The van der Waals surface area contributed by atoms with E-state index in [-0.39, 0.29) is 23.8 Å². The van der Waals surface area contributed by atoms with Crippen LogP contribution in [0.4, 0.5) is 0 Å². The van der Waals surface area contributed by atoms with Gasteiger partial charge in [-0.3, -0.25) is 4.79 Å². The van der Waals surface area contributed by atoms with Crippen molar-refractivity contribution in [2.75, 3.05) is 13.2 Å². The number of carbonyl (C=O) groups excluding carboxylic acids is 1. The molecular weight excluding hydrogens is 252 g/mol. The van der Waals surface area contributed by atoms with Crippen molar-refractivity contribution < 1.29 is 9.53 Å². The fraction of sp³-hybridized carbons (Fsp3) is 0.562. The Bertz CT molecular complexity index is 415. The summed E-state index contributed by atoms with van der Waals surface area (Å²) >= 11 is 0. The van der Waals surface area contributed by atoms with Crippen LogP contribution < -0.4 is 15.8 Å². The number of nitrogens with two attached hydrogens (primary N) is 1. The Morgan fingerprint density at radius 3 is 2.35 bits per heavy atom. The number of carbonyl (C=O) groups is 1. The highest BCUT2D eigenvalue weighted by Crippen LogP contribution is 2.12. The van der Waals surface area contributed by atoms with Crippen molar-refractivity contribution in [3.05, 3.63) is 29.8 Å². The van der Waals surface area contributed by atoms with Crippen LogP contribution in [0.3, 0.4) is 0 Å². The molecule has 112 valence electrons. The molecule has 2 unspecified atom stereocenters. The van der Waals surface area contributed by atoms with Gasteiger partial charge in [0, 0.05) is 6.54 Å². The highest BCUT2D eigenvalue weighted by molar-refractivity contribution is 5.79.